The Kier molecular flexibility index (Phi) is 9.74. The Hall–Kier alpha value is -2.47. The molecule has 0 radical (unpaired) electrons. The van der Waals surface area contributed by atoms with Crippen molar-refractivity contribution in [3.63, 3.8) is 0 Å². The van der Waals surface area contributed by atoms with Crippen LogP contribution in [0.5, 0.6) is 0 Å². The first kappa shape index (κ1) is 26.6. The first-order chi connectivity index (χ1) is 17.5. The van der Waals surface area contributed by atoms with E-state index in [9.17, 15) is 14.4 Å². The Balaban J connectivity index is 1.04. The van der Waals surface area contributed by atoms with Gasteiger partial charge < -0.3 is 14.8 Å². The number of Topliss-reactive ketones (excluding diaryl/α,β-unsaturated/α-hetero) is 1. The lowest BCUT2D eigenvalue weighted by molar-refractivity contribution is -0.144. The van der Waals surface area contributed by atoms with E-state index in [0.717, 1.165) is 70.6 Å². The van der Waals surface area contributed by atoms with E-state index in [2.05, 4.69) is 29.0 Å². The molecule has 0 spiro atoms. The van der Waals surface area contributed by atoms with Gasteiger partial charge >= 0.3 is 12.1 Å². The number of fused-ring (bicyclic) bond motifs is 2. The maximum Gasteiger partial charge on any atom is 0.407 e. The van der Waals surface area contributed by atoms with Crippen molar-refractivity contribution in [2.45, 2.75) is 96.4 Å². The van der Waals surface area contributed by atoms with Crippen LogP contribution in [0.4, 0.5) is 4.79 Å². The summed E-state index contributed by atoms with van der Waals surface area (Å²) in [5, 5.41) is 2.74. The molecular formula is C30H41NO5. The number of amides is 1. The molecule has 4 aliphatic carbocycles. The number of carbonyl (C=O) groups excluding carboxylic acids is 3. The van der Waals surface area contributed by atoms with Crippen molar-refractivity contribution in [3.8, 4) is 23.7 Å². The molecule has 0 heterocycles. The first-order valence-corrected chi connectivity index (χ1v) is 14.1. The first-order valence-electron chi connectivity index (χ1n) is 14.1. The topological polar surface area (TPSA) is 81.7 Å². The molecule has 6 heteroatoms. The van der Waals surface area contributed by atoms with E-state index in [4.69, 9.17) is 9.47 Å². The van der Waals surface area contributed by atoms with E-state index >= 15 is 0 Å². The number of unbranched alkanes of at least 4 members (excludes halogenated alkanes) is 2. The number of hydrogen-bond donors (Lipinski definition) is 1. The van der Waals surface area contributed by atoms with Gasteiger partial charge in [-0.25, -0.2) is 4.79 Å². The SMILES string of the molecule is CC(=O)[C@H](CCCCCC(=O)OCC1[C@H]2CCC#CCC[C@@H]12)NC(=O)OCC1[C@H]2CCC#CCC[C@@H]12. The third kappa shape index (κ3) is 7.76. The lowest BCUT2D eigenvalue weighted by Gasteiger charge is -2.16. The Morgan fingerprint density at radius 1 is 0.750 bits per heavy atom. The Labute approximate surface area is 216 Å². The van der Waals surface area contributed by atoms with Crippen molar-refractivity contribution in [2.24, 2.45) is 35.5 Å². The zero-order valence-corrected chi connectivity index (χ0v) is 21.7. The highest BCUT2D eigenvalue weighted by Crippen LogP contribution is 2.53. The van der Waals surface area contributed by atoms with Crippen LogP contribution in [0.1, 0.15) is 90.4 Å². The molecule has 2 unspecified atom stereocenters. The predicted molar refractivity (Wildman–Crippen MR) is 136 cm³/mol. The number of rotatable bonds is 12. The summed E-state index contributed by atoms with van der Waals surface area (Å²) < 4.78 is 11.0. The van der Waals surface area contributed by atoms with Crippen molar-refractivity contribution in [1.29, 1.82) is 0 Å². The molecular weight excluding hydrogens is 454 g/mol. The van der Waals surface area contributed by atoms with Crippen molar-refractivity contribution in [1.82, 2.24) is 5.32 Å². The quantitative estimate of drug-likeness (QED) is 0.233. The zero-order chi connectivity index (χ0) is 25.3. The third-order valence-electron chi connectivity index (χ3n) is 8.68. The maximum atomic E-state index is 12.3. The van der Waals surface area contributed by atoms with E-state index in [-0.39, 0.29) is 11.8 Å². The van der Waals surface area contributed by atoms with E-state index in [1.807, 2.05) is 0 Å². The van der Waals surface area contributed by atoms with Crippen LogP contribution in [0, 0.1) is 59.2 Å². The van der Waals surface area contributed by atoms with Crippen molar-refractivity contribution in [3.05, 3.63) is 0 Å². The van der Waals surface area contributed by atoms with Gasteiger partial charge in [-0.15, -0.1) is 23.7 Å². The summed E-state index contributed by atoms with van der Waals surface area (Å²) in [7, 11) is 0. The Morgan fingerprint density at radius 2 is 1.25 bits per heavy atom. The highest BCUT2D eigenvalue weighted by molar-refractivity contribution is 5.85. The molecule has 0 aliphatic heterocycles. The van der Waals surface area contributed by atoms with Crippen LogP contribution in [0.15, 0.2) is 0 Å². The Morgan fingerprint density at radius 3 is 1.75 bits per heavy atom. The smallest absolute Gasteiger partial charge is 0.407 e. The molecule has 4 rings (SSSR count). The summed E-state index contributed by atoms with van der Waals surface area (Å²) in [6, 6.07) is -0.541. The lowest BCUT2D eigenvalue weighted by atomic mass is 10.0. The van der Waals surface area contributed by atoms with Crippen LogP contribution in [0.25, 0.3) is 0 Å². The molecule has 0 aromatic heterocycles. The summed E-state index contributed by atoms with van der Waals surface area (Å²) in [6.45, 7) is 2.46. The predicted octanol–water partition coefficient (Wildman–Crippen LogP) is 5.04. The molecule has 196 valence electrons. The van der Waals surface area contributed by atoms with Gasteiger partial charge in [-0.2, -0.15) is 0 Å². The molecule has 0 bridgehead atoms. The monoisotopic (exact) mass is 495 g/mol. The molecule has 1 N–H and O–H groups in total. The largest absolute Gasteiger partial charge is 0.465 e. The molecule has 0 aromatic rings. The molecule has 2 saturated carbocycles. The summed E-state index contributed by atoms with van der Waals surface area (Å²) in [5.74, 6) is 16.2. The number of carbonyl (C=O) groups is 3. The minimum absolute atomic E-state index is 0.0699. The fourth-order valence-corrected chi connectivity index (χ4v) is 6.35. The van der Waals surface area contributed by atoms with Crippen LogP contribution in [0.3, 0.4) is 0 Å². The second-order valence-electron chi connectivity index (χ2n) is 11.0. The molecule has 36 heavy (non-hydrogen) atoms. The lowest BCUT2D eigenvalue weighted by Crippen LogP contribution is -2.40. The maximum absolute atomic E-state index is 12.3. The molecule has 0 aromatic carbocycles. The van der Waals surface area contributed by atoms with Gasteiger partial charge in [0.1, 0.15) is 0 Å². The van der Waals surface area contributed by atoms with Crippen LogP contribution in [-0.2, 0) is 19.1 Å². The number of ketones is 1. The summed E-state index contributed by atoms with van der Waals surface area (Å²) in [6.07, 6.45) is 11.0. The summed E-state index contributed by atoms with van der Waals surface area (Å²) >= 11 is 0. The highest BCUT2D eigenvalue weighted by atomic mass is 16.5. The van der Waals surface area contributed by atoms with Gasteiger partial charge in [0.15, 0.2) is 5.78 Å². The van der Waals surface area contributed by atoms with Crippen LogP contribution in [-0.4, -0.2) is 37.1 Å². The number of esters is 1. The minimum Gasteiger partial charge on any atom is -0.465 e. The van der Waals surface area contributed by atoms with Crippen molar-refractivity contribution < 1.29 is 23.9 Å². The van der Waals surface area contributed by atoms with Gasteiger partial charge in [-0.05, 0) is 81.0 Å². The van der Waals surface area contributed by atoms with Gasteiger partial charge in [0.25, 0.3) is 0 Å². The highest BCUT2D eigenvalue weighted by Gasteiger charge is 2.50. The Bertz CT molecular complexity index is 885. The number of ether oxygens (including phenoxy) is 2. The molecule has 6 nitrogen and oxygen atoms in total. The van der Waals surface area contributed by atoms with Gasteiger partial charge in [0.05, 0.1) is 19.3 Å². The normalized spacial score (nSPS) is 30.5. The van der Waals surface area contributed by atoms with Gasteiger partial charge in [0, 0.05) is 32.1 Å². The average molecular weight is 496 g/mol. The van der Waals surface area contributed by atoms with Gasteiger partial charge in [-0.1, -0.05) is 12.8 Å². The fourth-order valence-electron chi connectivity index (χ4n) is 6.35. The molecule has 7 atom stereocenters. The van der Waals surface area contributed by atoms with Gasteiger partial charge in [0.2, 0.25) is 0 Å². The van der Waals surface area contributed by atoms with Crippen LogP contribution < -0.4 is 5.32 Å². The molecule has 2 fully saturated rings. The number of alkyl carbamates (subject to hydrolysis) is 1. The van der Waals surface area contributed by atoms with E-state index in [1.165, 1.54) is 6.92 Å². The van der Waals surface area contributed by atoms with Crippen molar-refractivity contribution in [2.75, 3.05) is 13.2 Å². The zero-order valence-electron chi connectivity index (χ0n) is 21.7. The summed E-state index contributed by atoms with van der Waals surface area (Å²) in [5.41, 5.74) is 0. The van der Waals surface area contributed by atoms with E-state index < -0.39 is 12.1 Å². The van der Waals surface area contributed by atoms with E-state index in [1.54, 1.807) is 0 Å². The van der Waals surface area contributed by atoms with E-state index in [0.29, 0.717) is 61.6 Å². The average Bonchev–Trinajstić information content (AvgIpc) is 3.68. The minimum atomic E-state index is -0.541. The van der Waals surface area contributed by atoms with Gasteiger partial charge in [-0.3, -0.25) is 9.59 Å². The third-order valence-corrected chi connectivity index (χ3v) is 8.68. The number of nitrogens with one attached hydrogen (secondary N) is 1. The number of hydrogen-bond acceptors (Lipinski definition) is 5. The van der Waals surface area contributed by atoms with Crippen LogP contribution in [0.2, 0.25) is 0 Å². The van der Waals surface area contributed by atoms with Crippen LogP contribution >= 0.6 is 0 Å². The molecule has 1 amide bonds. The molecule has 0 saturated heterocycles. The summed E-state index contributed by atoms with van der Waals surface area (Å²) in [4.78, 5) is 36.5. The second-order valence-corrected chi connectivity index (χ2v) is 11.0. The standard InChI is InChI=1S/C30H41NO5/c1-21(32)28(31-30(34)36-20-27-24-15-9-4-5-10-16-25(24)27)17-11-6-12-18-29(33)35-19-26-22-13-7-2-3-8-14-23(22)26/h22-28H,6-20H2,1H3,(H,31,34)/t22-,23+,24-,25+,26?,27?,28-/m0/s1. The fraction of sp³-hybridized carbons (Fsp3) is 0.767. The van der Waals surface area contributed by atoms with Crippen molar-refractivity contribution >= 4 is 17.8 Å². The second kappa shape index (κ2) is 13.2. The molecule has 4 aliphatic rings.